The van der Waals surface area contributed by atoms with E-state index in [1.165, 1.54) is 13.3 Å². The maximum atomic E-state index is 13.2. The molecule has 0 aliphatic heterocycles. The smallest absolute Gasteiger partial charge is 0.425 e. The fourth-order valence-corrected chi connectivity index (χ4v) is 3.92. The Morgan fingerprint density at radius 3 is 2.06 bits per heavy atom. The van der Waals surface area contributed by atoms with E-state index in [-0.39, 0.29) is 5.82 Å². The number of aryl methyl sites for hydroxylation is 1. The van der Waals surface area contributed by atoms with Gasteiger partial charge in [0.05, 0.1) is 35.3 Å². The summed E-state index contributed by atoms with van der Waals surface area (Å²) in [6.07, 6.45) is -0.374. The lowest BCUT2D eigenvalue weighted by atomic mass is 10.0. The number of imide groups is 1. The van der Waals surface area contributed by atoms with Gasteiger partial charge in [-0.05, 0) is 59.2 Å². The van der Waals surface area contributed by atoms with Gasteiger partial charge in [-0.3, -0.25) is 4.68 Å². The van der Waals surface area contributed by atoms with E-state index in [4.69, 9.17) is 14.2 Å². The highest BCUT2D eigenvalue weighted by Gasteiger charge is 2.35. The molecule has 2 heterocycles. The maximum absolute atomic E-state index is 13.2. The number of nitrogens with zero attached hydrogens (tertiary/aromatic N) is 4. The average molecular weight is 549 g/mol. The van der Waals surface area contributed by atoms with E-state index in [0.29, 0.717) is 38.3 Å². The van der Waals surface area contributed by atoms with Crippen molar-refractivity contribution < 1.29 is 28.6 Å². The van der Waals surface area contributed by atoms with Crippen LogP contribution in [0.15, 0.2) is 18.3 Å². The molecule has 3 rings (SSSR count). The minimum Gasteiger partial charge on any atom is -0.465 e. The van der Waals surface area contributed by atoms with Gasteiger partial charge >= 0.3 is 18.2 Å². The number of aromatic nitrogens is 3. The van der Waals surface area contributed by atoms with Crippen molar-refractivity contribution in [2.45, 2.75) is 58.1 Å². The van der Waals surface area contributed by atoms with Gasteiger partial charge in [-0.1, -0.05) is 15.9 Å². The summed E-state index contributed by atoms with van der Waals surface area (Å²) in [5.74, 6) is -0.486. The lowest BCUT2D eigenvalue weighted by Crippen LogP contribution is -2.44. The summed E-state index contributed by atoms with van der Waals surface area (Å²) in [7, 11) is 3.03. The number of anilines is 1. The fourth-order valence-electron chi connectivity index (χ4n) is 3.45. The Kier molecular flexibility index (Phi) is 7.12. The van der Waals surface area contributed by atoms with Crippen LogP contribution >= 0.6 is 15.9 Å². The summed E-state index contributed by atoms with van der Waals surface area (Å²) in [4.78, 5) is 44.3. The van der Waals surface area contributed by atoms with Gasteiger partial charge in [0, 0.05) is 17.8 Å². The molecular formula is C24H29BrN4O6. The van der Waals surface area contributed by atoms with Crippen LogP contribution in [-0.2, 0) is 26.6 Å². The average Bonchev–Trinajstić information content (AvgIpc) is 3.11. The van der Waals surface area contributed by atoms with Crippen molar-refractivity contribution in [3.8, 4) is 0 Å². The zero-order valence-corrected chi connectivity index (χ0v) is 22.6. The van der Waals surface area contributed by atoms with Crippen molar-refractivity contribution in [1.82, 2.24) is 14.8 Å². The Hall–Kier alpha value is -3.21. The molecule has 0 aliphatic rings. The van der Waals surface area contributed by atoms with Gasteiger partial charge in [-0.2, -0.15) is 10.00 Å². The second kappa shape index (κ2) is 9.44. The van der Waals surface area contributed by atoms with Gasteiger partial charge in [0.25, 0.3) is 0 Å². The SMILES string of the molecule is COC(=O)c1cc2c(cc1CBr)nc(N(C(=O)OC(C)(C)C)C(=O)OC(C)(C)C)c1cnn(C)c12. The number of methoxy groups -OCH3 is 1. The largest absolute Gasteiger partial charge is 0.465 e. The minimum atomic E-state index is -0.935. The molecule has 1 aromatic carbocycles. The van der Waals surface area contributed by atoms with Crippen LogP contribution in [0.5, 0.6) is 0 Å². The topological polar surface area (TPSA) is 113 Å². The van der Waals surface area contributed by atoms with E-state index in [9.17, 15) is 14.4 Å². The summed E-state index contributed by atoms with van der Waals surface area (Å²) in [6.45, 7) is 10.2. The monoisotopic (exact) mass is 548 g/mol. The third-order valence-corrected chi connectivity index (χ3v) is 5.40. The summed E-state index contributed by atoms with van der Waals surface area (Å²) >= 11 is 3.40. The lowest BCUT2D eigenvalue weighted by Gasteiger charge is -2.28. The molecule has 188 valence electrons. The highest BCUT2D eigenvalue weighted by atomic mass is 79.9. The predicted molar refractivity (Wildman–Crippen MR) is 135 cm³/mol. The highest BCUT2D eigenvalue weighted by Crippen LogP contribution is 2.34. The first-order valence-corrected chi connectivity index (χ1v) is 12.0. The summed E-state index contributed by atoms with van der Waals surface area (Å²) in [5.41, 5.74) is 0.251. The second-order valence-corrected chi connectivity index (χ2v) is 10.5. The molecule has 3 aromatic rings. The number of esters is 1. The molecular weight excluding hydrogens is 520 g/mol. The summed E-state index contributed by atoms with van der Waals surface area (Å²) in [5, 5.41) is 5.67. The van der Waals surface area contributed by atoms with Crippen LogP contribution in [0.25, 0.3) is 21.8 Å². The van der Waals surface area contributed by atoms with Gasteiger partial charge in [-0.25, -0.2) is 19.4 Å². The molecule has 10 nitrogen and oxygen atoms in total. The van der Waals surface area contributed by atoms with Gasteiger partial charge in [0.2, 0.25) is 0 Å². The molecule has 0 aliphatic carbocycles. The van der Waals surface area contributed by atoms with Crippen LogP contribution in [0.4, 0.5) is 15.4 Å². The van der Waals surface area contributed by atoms with Gasteiger partial charge < -0.3 is 14.2 Å². The first-order valence-electron chi connectivity index (χ1n) is 10.9. The number of halogens is 1. The number of benzene rings is 1. The molecule has 35 heavy (non-hydrogen) atoms. The van der Waals surface area contributed by atoms with Crippen LogP contribution in [0.3, 0.4) is 0 Å². The van der Waals surface area contributed by atoms with Crippen molar-refractivity contribution in [3.05, 3.63) is 29.5 Å². The van der Waals surface area contributed by atoms with Crippen molar-refractivity contribution in [3.63, 3.8) is 0 Å². The standard InChI is InChI=1S/C24H29BrN4O6/c1-23(2,3)34-21(31)29(22(32)35-24(4,5)6)19-16-12-26-28(7)18(16)15-10-14(20(30)33-8)13(11-25)9-17(15)27-19/h9-10,12H,11H2,1-8H3. The van der Waals surface area contributed by atoms with Crippen molar-refractivity contribution in [2.75, 3.05) is 12.0 Å². The summed E-state index contributed by atoms with van der Waals surface area (Å²) in [6, 6.07) is 3.37. The molecule has 0 fully saturated rings. The maximum Gasteiger partial charge on any atom is 0.425 e. The fraction of sp³-hybridized carbons (Fsp3) is 0.458. The molecule has 0 atom stereocenters. The van der Waals surface area contributed by atoms with Crippen LogP contribution in [0.2, 0.25) is 0 Å². The van der Waals surface area contributed by atoms with Crippen LogP contribution in [-0.4, -0.2) is 51.2 Å². The molecule has 0 saturated heterocycles. The number of rotatable bonds is 3. The molecule has 0 unspecified atom stereocenters. The Balaban J connectivity index is 2.36. The Morgan fingerprint density at radius 1 is 1.00 bits per heavy atom. The normalized spacial score (nSPS) is 12.0. The first-order chi connectivity index (χ1) is 16.2. The van der Waals surface area contributed by atoms with E-state index < -0.39 is 29.4 Å². The van der Waals surface area contributed by atoms with Crippen LogP contribution < -0.4 is 4.90 Å². The number of hydrogen-bond donors (Lipinski definition) is 0. The molecule has 0 N–H and O–H groups in total. The van der Waals surface area contributed by atoms with Gasteiger partial charge in [0.1, 0.15) is 11.2 Å². The number of hydrogen-bond acceptors (Lipinski definition) is 8. The van der Waals surface area contributed by atoms with Gasteiger partial charge in [0.15, 0.2) is 5.82 Å². The molecule has 0 spiro atoms. The van der Waals surface area contributed by atoms with Crippen LogP contribution in [0.1, 0.15) is 57.5 Å². The number of pyridine rings is 1. The third kappa shape index (κ3) is 5.55. The van der Waals surface area contributed by atoms with Gasteiger partial charge in [-0.15, -0.1) is 0 Å². The Labute approximate surface area is 211 Å². The molecule has 0 radical (unpaired) electrons. The first kappa shape index (κ1) is 26.4. The number of fused-ring (bicyclic) bond motifs is 3. The van der Waals surface area contributed by atoms with E-state index in [1.807, 2.05) is 0 Å². The number of amides is 2. The number of alkyl halides is 1. The zero-order valence-electron chi connectivity index (χ0n) is 21.1. The Morgan fingerprint density at radius 2 is 1.57 bits per heavy atom. The molecule has 0 bridgehead atoms. The number of ether oxygens (including phenoxy) is 3. The van der Waals surface area contributed by atoms with Crippen LogP contribution in [0, 0.1) is 0 Å². The zero-order chi connectivity index (χ0) is 26.3. The third-order valence-electron chi connectivity index (χ3n) is 4.80. The number of carbonyl (C=O) groups is 3. The summed E-state index contributed by atoms with van der Waals surface area (Å²) < 4.78 is 17.6. The second-order valence-electron chi connectivity index (χ2n) is 9.91. The van der Waals surface area contributed by atoms with E-state index in [1.54, 1.807) is 65.4 Å². The van der Waals surface area contributed by atoms with E-state index >= 15 is 0 Å². The Bertz CT molecular complexity index is 1290. The molecule has 2 aromatic heterocycles. The molecule has 2 amide bonds. The van der Waals surface area contributed by atoms with E-state index in [2.05, 4.69) is 26.0 Å². The van der Waals surface area contributed by atoms with Crippen molar-refractivity contribution in [2.24, 2.45) is 7.05 Å². The predicted octanol–water partition coefficient (Wildman–Crippen LogP) is 5.48. The highest BCUT2D eigenvalue weighted by molar-refractivity contribution is 9.08. The van der Waals surface area contributed by atoms with E-state index in [0.717, 1.165) is 4.90 Å². The number of carbonyl (C=O) groups excluding carboxylic acids is 3. The van der Waals surface area contributed by atoms with Crippen molar-refractivity contribution in [1.29, 1.82) is 0 Å². The minimum absolute atomic E-state index is 0.00967. The molecule has 0 saturated carbocycles. The molecule has 11 heteroatoms. The van der Waals surface area contributed by atoms with Crippen molar-refractivity contribution >= 4 is 61.7 Å². The quantitative estimate of drug-likeness (QED) is 0.240. The lowest BCUT2D eigenvalue weighted by molar-refractivity contribution is 0.0428.